The highest BCUT2D eigenvalue weighted by Crippen LogP contribution is 2.41. The Morgan fingerprint density at radius 1 is 1.00 bits per heavy atom. The highest BCUT2D eigenvalue weighted by atomic mass is 15.1. The molecule has 2 aromatic carbocycles. The average molecular weight is 273 g/mol. The van der Waals surface area contributed by atoms with Gasteiger partial charge in [-0.15, -0.1) is 0 Å². The molecule has 2 heterocycles. The van der Waals surface area contributed by atoms with E-state index in [9.17, 15) is 0 Å². The monoisotopic (exact) mass is 273 g/mol. The molecule has 1 aliphatic carbocycles. The summed E-state index contributed by atoms with van der Waals surface area (Å²) in [6, 6.07) is 14.8. The topological polar surface area (TPSA) is 30.2 Å². The quantitative estimate of drug-likeness (QED) is 0.519. The maximum Gasteiger partial charge on any atom is 0.148 e. The van der Waals surface area contributed by atoms with Crippen LogP contribution in [-0.2, 0) is 0 Å². The molecule has 1 fully saturated rings. The van der Waals surface area contributed by atoms with Gasteiger partial charge in [0.1, 0.15) is 11.5 Å². The van der Waals surface area contributed by atoms with Crippen molar-refractivity contribution < 1.29 is 0 Å². The van der Waals surface area contributed by atoms with Crippen LogP contribution in [0.3, 0.4) is 0 Å². The summed E-state index contributed by atoms with van der Waals surface area (Å²) in [4.78, 5) is 9.83. The molecule has 0 aliphatic heterocycles. The van der Waals surface area contributed by atoms with Gasteiger partial charge in [-0.1, -0.05) is 23.8 Å². The number of imidazole rings is 1. The Bertz CT molecular complexity index is 1010. The lowest BCUT2D eigenvalue weighted by atomic mass is 10.1. The van der Waals surface area contributed by atoms with Crippen LogP contribution in [0.4, 0.5) is 0 Å². The predicted molar refractivity (Wildman–Crippen MR) is 84.7 cm³/mol. The second-order valence-electron chi connectivity index (χ2n) is 6.02. The molecule has 1 aliphatic rings. The zero-order chi connectivity index (χ0) is 14.0. The molecule has 0 saturated heterocycles. The van der Waals surface area contributed by atoms with Crippen molar-refractivity contribution in [1.82, 2.24) is 14.4 Å². The largest absolute Gasteiger partial charge is 0.279 e. The van der Waals surface area contributed by atoms with E-state index >= 15 is 0 Å². The first-order valence-electron chi connectivity index (χ1n) is 7.49. The molecule has 0 radical (unpaired) electrons. The molecule has 0 amide bonds. The summed E-state index contributed by atoms with van der Waals surface area (Å²) in [5, 5.41) is 1.15. The lowest BCUT2D eigenvalue weighted by Crippen LogP contribution is -2.00. The van der Waals surface area contributed by atoms with E-state index in [-0.39, 0.29) is 0 Å². The number of nitrogens with zero attached hydrogens (tertiary/aromatic N) is 3. The molecular formula is C18H15N3. The number of hydrogen-bond acceptors (Lipinski definition) is 2. The maximum atomic E-state index is 4.95. The summed E-state index contributed by atoms with van der Waals surface area (Å²) in [6.07, 6.45) is 2.48. The summed E-state index contributed by atoms with van der Waals surface area (Å²) in [6.45, 7) is 2.12. The number of aromatic nitrogens is 3. The van der Waals surface area contributed by atoms with Gasteiger partial charge in [-0.3, -0.25) is 4.40 Å². The third-order valence-corrected chi connectivity index (χ3v) is 4.36. The van der Waals surface area contributed by atoms with Crippen molar-refractivity contribution in [2.24, 2.45) is 0 Å². The lowest BCUT2D eigenvalue weighted by Gasteiger charge is -2.08. The molecule has 102 valence electrons. The molecule has 0 unspecified atom stereocenters. The smallest absolute Gasteiger partial charge is 0.148 e. The molecule has 3 nitrogen and oxygen atoms in total. The molecule has 3 heteroatoms. The first kappa shape index (κ1) is 11.3. The Hall–Kier alpha value is -2.42. The first-order valence-corrected chi connectivity index (χ1v) is 7.49. The van der Waals surface area contributed by atoms with Gasteiger partial charge in [0.2, 0.25) is 0 Å². The molecule has 21 heavy (non-hydrogen) atoms. The van der Waals surface area contributed by atoms with Crippen LogP contribution in [0.2, 0.25) is 0 Å². The van der Waals surface area contributed by atoms with E-state index in [4.69, 9.17) is 9.97 Å². The molecule has 2 aromatic heterocycles. The van der Waals surface area contributed by atoms with Gasteiger partial charge in [0.05, 0.1) is 16.6 Å². The fourth-order valence-electron chi connectivity index (χ4n) is 3.15. The number of fused-ring (bicyclic) bond motifs is 5. The van der Waals surface area contributed by atoms with Gasteiger partial charge in [-0.05, 0) is 44.0 Å². The maximum absolute atomic E-state index is 4.95. The first-order chi connectivity index (χ1) is 10.3. The SMILES string of the molecule is Cc1ccc2nc(C3CC3)n3c4ccccc4nc3c2c1. The normalized spacial score (nSPS) is 15.3. The Morgan fingerprint density at radius 2 is 1.86 bits per heavy atom. The fraction of sp³-hybridized carbons (Fsp3) is 0.222. The molecule has 0 N–H and O–H groups in total. The van der Waals surface area contributed by atoms with Crippen molar-refractivity contribution in [3.63, 3.8) is 0 Å². The van der Waals surface area contributed by atoms with E-state index in [1.165, 1.54) is 29.7 Å². The Balaban J connectivity index is 2.07. The molecule has 0 spiro atoms. The van der Waals surface area contributed by atoms with Crippen LogP contribution in [0, 0.1) is 6.92 Å². The average Bonchev–Trinajstić information content (AvgIpc) is 3.26. The number of para-hydroxylation sites is 2. The van der Waals surface area contributed by atoms with Crippen LogP contribution in [0.5, 0.6) is 0 Å². The van der Waals surface area contributed by atoms with Crippen molar-refractivity contribution in [3.8, 4) is 0 Å². The van der Waals surface area contributed by atoms with Crippen LogP contribution in [-0.4, -0.2) is 14.4 Å². The molecule has 5 rings (SSSR count). The molecule has 1 saturated carbocycles. The van der Waals surface area contributed by atoms with E-state index in [2.05, 4.69) is 47.7 Å². The summed E-state index contributed by atoms with van der Waals surface area (Å²) in [7, 11) is 0. The standard InChI is InChI=1S/C18H15N3/c1-11-6-9-14-13(10-11)18-20-15-4-2-3-5-16(15)21(18)17(19-14)12-7-8-12/h2-6,9-10,12H,7-8H2,1H3. The third kappa shape index (κ3) is 1.54. The Kier molecular flexibility index (Phi) is 2.05. The van der Waals surface area contributed by atoms with Gasteiger partial charge in [-0.25, -0.2) is 9.97 Å². The van der Waals surface area contributed by atoms with Gasteiger partial charge in [0.25, 0.3) is 0 Å². The van der Waals surface area contributed by atoms with Crippen LogP contribution >= 0.6 is 0 Å². The lowest BCUT2D eigenvalue weighted by molar-refractivity contribution is 0.917. The van der Waals surface area contributed by atoms with E-state index in [0.717, 1.165) is 22.1 Å². The number of hydrogen-bond donors (Lipinski definition) is 0. The Labute approximate surface area is 122 Å². The Morgan fingerprint density at radius 3 is 2.71 bits per heavy atom. The summed E-state index contributed by atoms with van der Waals surface area (Å²) in [5.74, 6) is 1.77. The molecule has 4 aromatic rings. The summed E-state index contributed by atoms with van der Waals surface area (Å²) in [5.41, 5.74) is 5.58. The highest BCUT2D eigenvalue weighted by Gasteiger charge is 2.29. The minimum absolute atomic E-state index is 0.593. The number of rotatable bonds is 1. The van der Waals surface area contributed by atoms with E-state index in [1.807, 2.05) is 6.07 Å². The van der Waals surface area contributed by atoms with Crippen molar-refractivity contribution in [2.45, 2.75) is 25.7 Å². The molecular weight excluding hydrogens is 258 g/mol. The minimum atomic E-state index is 0.593. The predicted octanol–water partition coefficient (Wildman–Crippen LogP) is 4.22. The van der Waals surface area contributed by atoms with Gasteiger partial charge in [0, 0.05) is 11.3 Å². The minimum Gasteiger partial charge on any atom is -0.279 e. The van der Waals surface area contributed by atoms with Crippen molar-refractivity contribution >= 4 is 27.6 Å². The van der Waals surface area contributed by atoms with Crippen LogP contribution in [0.25, 0.3) is 27.6 Å². The van der Waals surface area contributed by atoms with E-state index in [1.54, 1.807) is 0 Å². The van der Waals surface area contributed by atoms with Crippen molar-refractivity contribution in [2.75, 3.05) is 0 Å². The third-order valence-electron chi connectivity index (χ3n) is 4.36. The number of aryl methyl sites for hydroxylation is 1. The van der Waals surface area contributed by atoms with Crippen molar-refractivity contribution in [3.05, 3.63) is 53.9 Å². The van der Waals surface area contributed by atoms with Gasteiger partial charge >= 0.3 is 0 Å². The number of benzene rings is 2. The second-order valence-corrected chi connectivity index (χ2v) is 6.02. The summed E-state index contributed by atoms with van der Waals surface area (Å²) < 4.78 is 2.27. The van der Waals surface area contributed by atoms with Gasteiger partial charge in [-0.2, -0.15) is 0 Å². The van der Waals surface area contributed by atoms with E-state index < -0.39 is 0 Å². The van der Waals surface area contributed by atoms with Crippen LogP contribution in [0.15, 0.2) is 42.5 Å². The van der Waals surface area contributed by atoms with Gasteiger partial charge in [0.15, 0.2) is 0 Å². The van der Waals surface area contributed by atoms with Crippen LogP contribution in [0.1, 0.15) is 30.1 Å². The molecule has 0 atom stereocenters. The fourth-order valence-corrected chi connectivity index (χ4v) is 3.15. The van der Waals surface area contributed by atoms with Crippen LogP contribution < -0.4 is 0 Å². The highest BCUT2D eigenvalue weighted by molar-refractivity contribution is 5.96. The second kappa shape index (κ2) is 3.82. The van der Waals surface area contributed by atoms with E-state index in [0.29, 0.717) is 5.92 Å². The summed E-state index contributed by atoms with van der Waals surface area (Å²) >= 11 is 0. The van der Waals surface area contributed by atoms with Crippen molar-refractivity contribution in [1.29, 1.82) is 0 Å². The molecule has 0 bridgehead atoms. The zero-order valence-electron chi connectivity index (χ0n) is 11.9. The van der Waals surface area contributed by atoms with Gasteiger partial charge < -0.3 is 0 Å². The zero-order valence-corrected chi connectivity index (χ0v) is 11.9.